The first-order chi connectivity index (χ1) is 8.87. The third kappa shape index (κ3) is 2.46. The van der Waals surface area contributed by atoms with Crippen molar-refractivity contribution in [3.63, 3.8) is 0 Å². The fourth-order valence-electron chi connectivity index (χ4n) is 2.40. The first-order valence-corrected chi connectivity index (χ1v) is 7.18. The van der Waals surface area contributed by atoms with E-state index in [0.29, 0.717) is 6.42 Å². The van der Waals surface area contributed by atoms with Gasteiger partial charge in [-0.1, -0.05) is 35.0 Å². The van der Waals surface area contributed by atoms with Crippen molar-refractivity contribution in [3.8, 4) is 0 Å². The lowest BCUT2D eigenvalue weighted by Gasteiger charge is -2.37. The molecule has 0 amide bonds. The number of hydrogen-bond donors (Lipinski definition) is 0. The number of hydrogen-bond acceptors (Lipinski definition) is 3. The van der Waals surface area contributed by atoms with Gasteiger partial charge >= 0.3 is 5.97 Å². The molecule has 0 aliphatic carbocycles. The summed E-state index contributed by atoms with van der Waals surface area (Å²) in [5.74, 6) is -0.733. The Labute approximate surface area is 121 Å². The highest BCUT2D eigenvalue weighted by molar-refractivity contribution is 9.10. The van der Waals surface area contributed by atoms with E-state index >= 15 is 0 Å². The van der Waals surface area contributed by atoms with Crippen molar-refractivity contribution in [1.29, 1.82) is 0 Å². The molecule has 0 aromatic heterocycles. The average molecular weight is 325 g/mol. The van der Waals surface area contributed by atoms with Gasteiger partial charge < -0.3 is 4.74 Å². The highest BCUT2D eigenvalue weighted by Crippen LogP contribution is 2.41. The summed E-state index contributed by atoms with van der Waals surface area (Å²) in [6.45, 7) is 5.22. The highest BCUT2D eigenvalue weighted by Gasteiger charge is 2.50. The van der Waals surface area contributed by atoms with Crippen LogP contribution in [0.4, 0.5) is 0 Å². The Balaban J connectivity index is 2.38. The molecule has 1 aromatic rings. The third-order valence-electron chi connectivity index (χ3n) is 3.70. The van der Waals surface area contributed by atoms with E-state index in [1.54, 1.807) is 13.8 Å². The topological polar surface area (TPSA) is 43.4 Å². The molecule has 3 nitrogen and oxygen atoms in total. The lowest BCUT2D eigenvalue weighted by Crippen LogP contribution is -2.47. The maximum absolute atomic E-state index is 12.4. The predicted octanol–water partition coefficient (Wildman–Crippen LogP) is 3.67. The molecule has 1 aliphatic rings. The van der Waals surface area contributed by atoms with Crippen LogP contribution in [0.5, 0.6) is 0 Å². The van der Waals surface area contributed by atoms with E-state index in [1.165, 1.54) is 0 Å². The molecule has 1 fully saturated rings. The second-order valence-corrected chi connectivity index (χ2v) is 6.30. The standard InChI is InChI=1S/C15H17BrO3/c1-4-11-12(9-5-7-10(16)8-6-9)19-14(18)15(2,3)13(11)17/h5-8,11-12H,4H2,1-3H3. The number of Topliss-reactive ketones (excluding diaryl/α,β-unsaturated/α-hetero) is 1. The van der Waals surface area contributed by atoms with E-state index < -0.39 is 17.5 Å². The minimum Gasteiger partial charge on any atom is -0.456 e. The van der Waals surface area contributed by atoms with Crippen molar-refractivity contribution in [2.45, 2.75) is 33.3 Å². The molecular weight excluding hydrogens is 308 g/mol. The zero-order valence-corrected chi connectivity index (χ0v) is 12.9. The first kappa shape index (κ1) is 14.3. The normalized spacial score (nSPS) is 26.1. The van der Waals surface area contributed by atoms with Gasteiger partial charge in [0.25, 0.3) is 0 Å². The molecule has 0 radical (unpaired) electrons. The van der Waals surface area contributed by atoms with Gasteiger partial charge in [0.05, 0.1) is 5.92 Å². The van der Waals surface area contributed by atoms with Crippen molar-refractivity contribution >= 4 is 27.7 Å². The molecule has 0 N–H and O–H groups in total. The van der Waals surface area contributed by atoms with Crippen LogP contribution in [0, 0.1) is 11.3 Å². The number of carbonyl (C=O) groups excluding carboxylic acids is 2. The number of rotatable bonds is 2. The number of esters is 1. The summed E-state index contributed by atoms with van der Waals surface area (Å²) in [6.07, 6.45) is 0.196. The van der Waals surface area contributed by atoms with Gasteiger partial charge in [-0.2, -0.15) is 0 Å². The van der Waals surface area contributed by atoms with Gasteiger partial charge in [-0.15, -0.1) is 0 Å². The largest absolute Gasteiger partial charge is 0.456 e. The molecule has 2 unspecified atom stereocenters. The molecule has 102 valence electrons. The average Bonchev–Trinajstić information content (AvgIpc) is 2.37. The van der Waals surface area contributed by atoms with Crippen LogP contribution in [0.3, 0.4) is 0 Å². The number of cyclic esters (lactones) is 1. The van der Waals surface area contributed by atoms with Crippen LogP contribution < -0.4 is 0 Å². The van der Waals surface area contributed by atoms with Crippen LogP contribution in [0.25, 0.3) is 0 Å². The minimum atomic E-state index is -1.04. The Morgan fingerprint density at radius 1 is 1.21 bits per heavy atom. The summed E-state index contributed by atoms with van der Waals surface area (Å²) in [7, 11) is 0. The summed E-state index contributed by atoms with van der Waals surface area (Å²) in [4.78, 5) is 24.4. The Hall–Kier alpha value is -1.16. The molecule has 0 saturated carbocycles. The number of benzene rings is 1. The lowest BCUT2D eigenvalue weighted by atomic mass is 9.74. The molecule has 4 heteroatoms. The quantitative estimate of drug-likeness (QED) is 0.615. The maximum atomic E-state index is 12.4. The van der Waals surface area contributed by atoms with E-state index in [1.807, 2.05) is 31.2 Å². The second kappa shape index (κ2) is 5.08. The first-order valence-electron chi connectivity index (χ1n) is 6.38. The van der Waals surface area contributed by atoms with Gasteiger partial charge in [0, 0.05) is 4.47 Å². The number of ether oxygens (including phenoxy) is 1. The zero-order valence-electron chi connectivity index (χ0n) is 11.3. The van der Waals surface area contributed by atoms with Crippen molar-refractivity contribution in [1.82, 2.24) is 0 Å². The van der Waals surface area contributed by atoms with Gasteiger partial charge in [0.2, 0.25) is 0 Å². The summed E-state index contributed by atoms with van der Waals surface area (Å²) in [5.41, 5.74) is -0.167. The van der Waals surface area contributed by atoms with E-state index in [4.69, 9.17) is 4.74 Å². The molecule has 2 rings (SSSR count). The van der Waals surface area contributed by atoms with Crippen molar-refractivity contribution in [2.24, 2.45) is 11.3 Å². The van der Waals surface area contributed by atoms with Crippen molar-refractivity contribution in [2.75, 3.05) is 0 Å². The molecular formula is C15H17BrO3. The summed E-state index contributed by atoms with van der Waals surface area (Å²) >= 11 is 3.37. The minimum absolute atomic E-state index is 0.0285. The molecule has 1 heterocycles. The number of ketones is 1. The van der Waals surface area contributed by atoms with Crippen molar-refractivity contribution < 1.29 is 14.3 Å². The van der Waals surface area contributed by atoms with Gasteiger partial charge in [-0.3, -0.25) is 9.59 Å². The van der Waals surface area contributed by atoms with E-state index in [-0.39, 0.29) is 11.7 Å². The monoisotopic (exact) mass is 324 g/mol. The van der Waals surface area contributed by atoms with Gasteiger partial charge in [0.15, 0.2) is 5.78 Å². The molecule has 0 bridgehead atoms. The predicted molar refractivity (Wildman–Crippen MR) is 75.5 cm³/mol. The summed E-state index contributed by atoms with van der Waals surface area (Å²) < 4.78 is 6.48. The van der Waals surface area contributed by atoms with Crippen LogP contribution in [0.15, 0.2) is 28.7 Å². The van der Waals surface area contributed by atoms with Gasteiger partial charge in [-0.05, 0) is 38.0 Å². The van der Waals surface area contributed by atoms with E-state index in [2.05, 4.69) is 15.9 Å². The molecule has 1 saturated heterocycles. The van der Waals surface area contributed by atoms with Crippen LogP contribution in [0.2, 0.25) is 0 Å². The molecule has 1 aromatic carbocycles. The number of halogens is 1. The van der Waals surface area contributed by atoms with Crippen LogP contribution in [0.1, 0.15) is 38.9 Å². The third-order valence-corrected chi connectivity index (χ3v) is 4.23. The van der Waals surface area contributed by atoms with Crippen molar-refractivity contribution in [3.05, 3.63) is 34.3 Å². The van der Waals surface area contributed by atoms with Crippen LogP contribution in [-0.2, 0) is 14.3 Å². The Kier molecular flexibility index (Phi) is 3.81. The SMILES string of the molecule is CCC1C(=O)C(C)(C)C(=O)OC1c1ccc(Br)cc1. The van der Waals surface area contributed by atoms with Crippen LogP contribution in [-0.4, -0.2) is 11.8 Å². The summed E-state index contributed by atoms with van der Waals surface area (Å²) in [5, 5.41) is 0. The van der Waals surface area contributed by atoms with Crippen LogP contribution >= 0.6 is 15.9 Å². The smallest absolute Gasteiger partial charge is 0.319 e. The van der Waals surface area contributed by atoms with E-state index in [9.17, 15) is 9.59 Å². The maximum Gasteiger partial charge on any atom is 0.319 e. The number of carbonyl (C=O) groups is 2. The zero-order chi connectivity index (χ0) is 14.2. The second-order valence-electron chi connectivity index (χ2n) is 5.38. The van der Waals surface area contributed by atoms with E-state index in [0.717, 1.165) is 10.0 Å². The fraction of sp³-hybridized carbons (Fsp3) is 0.467. The van der Waals surface area contributed by atoms with Gasteiger partial charge in [-0.25, -0.2) is 0 Å². The Bertz CT molecular complexity index is 505. The summed E-state index contributed by atoms with van der Waals surface area (Å²) in [6, 6.07) is 7.55. The van der Waals surface area contributed by atoms with Gasteiger partial charge in [0.1, 0.15) is 11.5 Å². The molecule has 0 spiro atoms. The molecule has 1 aliphatic heterocycles. The fourth-order valence-corrected chi connectivity index (χ4v) is 2.66. The molecule has 2 atom stereocenters. The highest BCUT2D eigenvalue weighted by atomic mass is 79.9. The Morgan fingerprint density at radius 2 is 1.79 bits per heavy atom. The lowest BCUT2D eigenvalue weighted by molar-refractivity contribution is -0.179. The molecule has 19 heavy (non-hydrogen) atoms. The Morgan fingerprint density at radius 3 is 2.32 bits per heavy atom.